The van der Waals surface area contributed by atoms with E-state index in [4.69, 9.17) is 9.97 Å². The normalized spacial score (nSPS) is 12.0. The van der Waals surface area contributed by atoms with Gasteiger partial charge < -0.3 is 4.57 Å². The van der Waals surface area contributed by atoms with Gasteiger partial charge in [0.1, 0.15) is 0 Å². The molecule has 60 heavy (non-hydrogen) atoms. The zero-order valence-electron chi connectivity index (χ0n) is 32.4. The zero-order valence-corrected chi connectivity index (χ0v) is 32.4. The minimum atomic E-state index is 0.650. The second-order valence-electron chi connectivity index (χ2n) is 15.8. The van der Waals surface area contributed by atoms with E-state index in [0.29, 0.717) is 5.95 Å². The summed E-state index contributed by atoms with van der Waals surface area (Å²) in [5.41, 5.74) is 10.9. The Morgan fingerprint density at radius 2 is 0.967 bits per heavy atom. The Kier molecular flexibility index (Phi) is 6.98. The highest BCUT2D eigenvalue weighted by Crippen LogP contribution is 2.43. The van der Waals surface area contributed by atoms with E-state index in [-0.39, 0.29) is 0 Å². The summed E-state index contributed by atoms with van der Waals surface area (Å²) >= 11 is 0. The minimum Gasteiger partial charge on any atom is -0.309 e. The molecule has 3 aromatic heterocycles. The van der Waals surface area contributed by atoms with Gasteiger partial charge in [-0.15, -0.1) is 0 Å². The lowest BCUT2D eigenvalue weighted by molar-refractivity contribution is 1.02. The molecular formula is C56H34N4. The van der Waals surface area contributed by atoms with Crippen LogP contribution in [0.15, 0.2) is 206 Å². The smallest absolute Gasteiger partial charge is 0.235 e. The molecule has 0 amide bonds. The minimum absolute atomic E-state index is 0.650. The average molecular weight is 763 g/mol. The number of hydrogen-bond acceptors (Lipinski definition) is 2. The van der Waals surface area contributed by atoms with Crippen LogP contribution >= 0.6 is 0 Å². The maximum Gasteiger partial charge on any atom is 0.235 e. The highest BCUT2D eigenvalue weighted by molar-refractivity contribution is 6.20. The van der Waals surface area contributed by atoms with E-state index in [1.54, 1.807) is 0 Å². The molecule has 0 bridgehead atoms. The van der Waals surface area contributed by atoms with Gasteiger partial charge in [-0.3, -0.25) is 4.57 Å². The van der Waals surface area contributed by atoms with Crippen LogP contribution in [0.5, 0.6) is 0 Å². The average Bonchev–Trinajstić information content (AvgIpc) is 3.84. The molecule has 0 saturated carbocycles. The van der Waals surface area contributed by atoms with Gasteiger partial charge in [-0.1, -0.05) is 164 Å². The molecule has 10 aromatic carbocycles. The van der Waals surface area contributed by atoms with Crippen molar-refractivity contribution >= 4 is 86.8 Å². The van der Waals surface area contributed by atoms with Crippen molar-refractivity contribution in [1.82, 2.24) is 19.1 Å². The summed E-state index contributed by atoms with van der Waals surface area (Å²) < 4.78 is 4.73. The number of para-hydroxylation sites is 2. The van der Waals surface area contributed by atoms with Gasteiger partial charge in [0.25, 0.3) is 0 Å². The summed E-state index contributed by atoms with van der Waals surface area (Å²) in [5.74, 6) is 0.650. The molecular weight excluding hydrogens is 729 g/mol. The standard InChI is InChI=1S/C56H34N4/c1-3-15-38-32-41(25-24-35(38)12-1)54-47-18-7-9-21-49(47)57-56(58-54)60-52-34-40(28-30-45(52)46-31-27-37-14-5-6-17-44(37)55(46)60)43-20-11-23-51-53(43)48-19-8-10-22-50(48)59(51)42-29-26-36-13-2-4-16-39(36)33-42/h1-34H. The van der Waals surface area contributed by atoms with Crippen LogP contribution in [-0.2, 0) is 0 Å². The first kappa shape index (κ1) is 32.9. The molecule has 4 heteroatoms. The van der Waals surface area contributed by atoms with Crippen molar-refractivity contribution in [2.75, 3.05) is 0 Å². The molecule has 0 aliphatic rings. The van der Waals surface area contributed by atoms with Crippen LogP contribution < -0.4 is 0 Å². The lowest BCUT2D eigenvalue weighted by Gasteiger charge is -2.13. The first-order chi connectivity index (χ1) is 29.7. The fourth-order valence-corrected chi connectivity index (χ4v) is 9.73. The van der Waals surface area contributed by atoms with Crippen LogP contribution in [0, 0.1) is 0 Å². The molecule has 0 unspecified atom stereocenters. The Morgan fingerprint density at radius 1 is 0.333 bits per heavy atom. The highest BCUT2D eigenvalue weighted by Gasteiger charge is 2.22. The van der Waals surface area contributed by atoms with E-state index in [1.165, 1.54) is 59.7 Å². The van der Waals surface area contributed by atoms with Crippen LogP contribution in [0.4, 0.5) is 0 Å². The molecule has 0 aliphatic heterocycles. The maximum absolute atomic E-state index is 5.53. The van der Waals surface area contributed by atoms with E-state index in [1.807, 2.05) is 0 Å². The van der Waals surface area contributed by atoms with Crippen molar-refractivity contribution in [2.45, 2.75) is 0 Å². The number of hydrogen-bond donors (Lipinski definition) is 0. The predicted octanol–water partition coefficient (Wildman–Crippen LogP) is 14.6. The molecule has 0 fully saturated rings. The fourth-order valence-electron chi connectivity index (χ4n) is 9.73. The van der Waals surface area contributed by atoms with Gasteiger partial charge in [-0.2, -0.15) is 0 Å². The van der Waals surface area contributed by atoms with Gasteiger partial charge >= 0.3 is 0 Å². The summed E-state index contributed by atoms with van der Waals surface area (Å²) in [6.45, 7) is 0. The molecule has 278 valence electrons. The van der Waals surface area contributed by atoms with Gasteiger partial charge in [0.05, 0.1) is 33.3 Å². The summed E-state index contributed by atoms with van der Waals surface area (Å²) in [4.78, 5) is 10.9. The molecule has 4 nitrogen and oxygen atoms in total. The van der Waals surface area contributed by atoms with Crippen LogP contribution in [0.25, 0.3) is 121 Å². The van der Waals surface area contributed by atoms with Crippen molar-refractivity contribution in [1.29, 1.82) is 0 Å². The Morgan fingerprint density at radius 3 is 1.82 bits per heavy atom. The molecule has 0 atom stereocenters. The monoisotopic (exact) mass is 762 g/mol. The molecule has 0 N–H and O–H groups in total. The number of aromatic nitrogens is 4. The Hall–Kier alpha value is -8.08. The van der Waals surface area contributed by atoms with E-state index in [0.717, 1.165) is 55.2 Å². The topological polar surface area (TPSA) is 35.6 Å². The van der Waals surface area contributed by atoms with E-state index in [2.05, 4.69) is 215 Å². The quantitative estimate of drug-likeness (QED) is 0.179. The summed E-state index contributed by atoms with van der Waals surface area (Å²) in [5, 5.41) is 13.0. The number of benzene rings is 10. The lowest BCUT2D eigenvalue weighted by Crippen LogP contribution is -2.04. The van der Waals surface area contributed by atoms with Crippen molar-refractivity contribution in [2.24, 2.45) is 0 Å². The SMILES string of the molecule is c1ccc2cc(-c3nc(-n4c5cc(-c6cccc7c6c6ccccc6n7-c6ccc7ccccc7c6)ccc5c5ccc6ccccc6c54)nc4ccccc34)ccc2c1. The third kappa shape index (κ3) is 4.85. The maximum atomic E-state index is 5.53. The van der Waals surface area contributed by atoms with E-state index in [9.17, 15) is 0 Å². The van der Waals surface area contributed by atoms with Gasteiger partial charge in [-0.25, -0.2) is 9.97 Å². The van der Waals surface area contributed by atoms with Crippen molar-refractivity contribution in [3.8, 4) is 34.0 Å². The highest BCUT2D eigenvalue weighted by atomic mass is 15.2. The molecule has 13 rings (SSSR count). The number of nitrogens with zero attached hydrogens (tertiary/aromatic N) is 4. The Bertz CT molecular complexity index is 3910. The lowest BCUT2D eigenvalue weighted by atomic mass is 9.98. The van der Waals surface area contributed by atoms with Crippen molar-refractivity contribution in [3.63, 3.8) is 0 Å². The van der Waals surface area contributed by atoms with Crippen LogP contribution in [0.3, 0.4) is 0 Å². The van der Waals surface area contributed by atoms with E-state index < -0.39 is 0 Å². The molecule has 3 heterocycles. The second kappa shape index (κ2) is 12.7. The van der Waals surface area contributed by atoms with Gasteiger partial charge in [0.15, 0.2) is 0 Å². The van der Waals surface area contributed by atoms with Crippen molar-refractivity contribution in [3.05, 3.63) is 206 Å². The van der Waals surface area contributed by atoms with Gasteiger partial charge in [-0.05, 0) is 80.5 Å². The Balaban J connectivity index is 1.10. The molecule has 0 saturated heterocycles. The van der Waals surface area contributed by atoms with Crippen LogP contribution in [-0.4, -0.2) is 19.1 Å². The summed E-state index contributed by atoms with van der Waals surface area (Å²) in [6.07, 6.45) is 0. The Labute approximate surface area is 344 Å². The summed E-state index contributed by atoms with van der Waals surface area (Å²) in [6, 6.07) is 74.5. The zero-order chi connectivity index (χ0) is 39.3. The third-order valence-corrected chi connectivity index (χ3v) is 12.5. The number of fused-ring (bicyclic) bond motifs is 11. The van der Waals surface area contributed by atoms with Gasteiger partial charge in [0.2, 0.25) is 5.95 Å². The molecule has 0 spiro atoms. The van der Waals surface area contributed by atoms with E-state index >= 15 is 0 Å². The molecule has 0 radical (unpaired) electrons. The largest absolute Gasteiger partial charge is 0.309 e. The van der Waals surface area contributed by atoms with Crippen LogP contribution in [0.2, 0.25) is 0 Å². The predicted molar refractivity (Wildman–Crippen MR) is 252 cm³/mol. The van der Waals surface area contributed by atoms with Gasteiger partial charge in [0, 0.05) is 43.6 Å². The molecule has 13 aromatic rings. The van der Waals surface area contributed by atoms with Crippen molar-refractivity contribution < 1.29 is 0 Å². The fraction of sp³-hybridized carbons (Fsp3) is 0. The first-order valence-corrected chi connectivity index (χ1v) is 20.5. The summed E-state index contributed by atoms with van der Waals surface area (Å²) in [7, 11) is 0. The number of rotatable bonds is 4. The molecule has 0 aliphatic carbocycles. The second-order valence-corrected chi connectivity index (χ2v) is 15.8. The third-order valence-electron chi connectivity index (χ3n) is 12.5. The first-order valence-electron chi connectivity index (χ1n) is 20.5. The van der Waals surface area contributed by atoms with Crippen LogP contribution in [0.1, 0.15) is 0 Å².